The van der Waals surface area contributed by atoms with Gasteiger partial charge in [0.2, 0.25) is 0 Å². The summed E-state index contributed by atoms with van der Waals surface area (Å²) in [7, 11) is 0. The lowest BCUT2D eigenvalue weighted by molar-refractivity contribution is 0.713. The molecule has 13 rings (SSSR count). The Bertz CT molecular complexity index is 3800. The molecular formula is C64H46N10. The predicted molar refractivity (Wildman–Crippen MR) is 296 cm³/mol. The number of anilines is 6. The largest absolute Gasteiger partial charge is 0.311 e. The van der Waals surface area contributed by atoms with Crippen molar-refractivity contribution >= 4 is 50.7 Å². The van der Waals surface area contributed by atoms with Crippen LogP contribution in [0, 0.1) is 0 Å². The van der Waals surface area contributed by atoms with Crippen molar-refractivity contribution in [3.8, 4) is 33.6 Å². The van der Waals surface area contributed by atoms with Gasteiger partial charge >= 0.3 is 0 Å². The van der Waals surface area contributed by atoms with E-state index in [1.807, 2.05) is 48.5 Å². The summed E-state index contributed by atoms with van der Waals surface area (Å²) in [5, 5.41) is 20.7. The van der Waals surface area contributed by atoms with E-state index >= 15 is 0 Å². The second kappa shape index (κ2) is 19.3. The first-order valence-electron chi connectivity index (χ1n) is 24.7. The van der Waals surface area contributed by atoms with Crippen molar-refractivity contribution in [1.82, 2.24) is 40.0 Å². The zero-order chi connectivity index (χ0) is 49.2. The molecule has 0 saturated heterocycles. The number of hydrogen-bond donors (Lipinski definition) is 0. The predicted octanol–water partition coefficient (Wildman–Crippen LogP) is 15.0. The van der Waals surface area contributed by atoms with Crippen LogP contribution in [0.5, 0.6) is 0 Å². The standard InChI is InChI=1S/C64H46N10/c1-5-13-49(14-6-1)71(50-15-7-2-8-16-50)53-29-25-47(26-30-53)59-35-33-57(61-63(59)69-73(67-61)55-37-41-65-42-38-55)45-21-23-46(24-22-45)58-34-36-60(64-62(58)68-74(70-64)56-39-43-66-44-40-56)48-27-31-54(32-28-48)72(51-17-9-3-10-18-51)52-19-11-4-12-20-52/h1-33,35-44,58H,34H2. The molecule has 1 aliphatic rings. The SMILES string of the molecule is C1=C(c2ccc(N(c3ccccc3)c3ccccc3)cc2)c2nn(-c3ccncc3)nc2C(c2ccc(-c3ccc(-c4ccc(N(c5ccccc5)c5ccccc5)cc4)c4nn(-c5ccncc5)nc34)cc2)C1. The molecule has 12 aromatic rings. The number of para-hydroxylation sites is 4. The van der Waals surface area contributed by atoms with Gasteiger partial charge in [-0.15, -0.1) is 15.3 Å². The minimum atomic E-state index is -0.0260. The average Bonchev–Trinajstić information content (AvgIpc) is 4.14. The van der Waals surface area contributed by atoms with Gasteiger partial charge < -0.3 is 9.80 Å². The zero-order valence-electron chi connectivity index (χ0n) is 40.1. The van der Waals surface area contributed by atoms with Gasteiger partial charge in [-0.05, 0) is 126 Å². The van der Waals surface area contributed by atoms with Gasteiger partial charge in [0.15, 0.2) is 0 Å². The Hall–Kier alpha value is -10.1. The maximum Gasteiger partial charge on any atom is 0.122 e. The highest BCUT2D eigenvalue weighted by Crippen LogP contribution is 2.43. The van der Waals surface area contributed by atoms with Crippen molar-refractivity contribution < 1.29 is 0 Å². The fourth-order valence-corrected chi connectivity index (χ4v) is 10.1. The lowest BCUT2D eigenvalue weighted by atomic mass is 9.83. The molecule has 4 aromatic heterocycles. The van der Waals surface area contributed by atoms with Crippen LogP contribution in [0.1, 0.15) is 34.9 Å². The molecule has 0 amide bonds. The number of aromatic nitrogens is 8. The van der Waals surface area contributed by atoms with Crippen molar-refractivity contribution in [3.63, 3.8) is 0 Å². The van der Waals surface area contributed by atoms with E-state index in [0.717, 1.165) is 113 Å². The Labute approximate surface area is 428 Å². The highest BCUT2D eigenvalue weighted by molar-refractivity contribution is 6.00. The zero-order valence-corrected chi connectivity index (χ0v) is 40.1. The summed E-state index contributed by atoms with van der Waals surface area (Å²) in [6, 6.07) is 80.2. The minimum Gasteiger partial charge on any atom is -0.311 e. The molecule has 10 nitrogen and oxygen atoms in total. The van der Waals surface area contributed by atoms with E-state index in [4.69, 9.17) is 20.4 Å². The quantitative estimate of drug-likeness (QED) is 0.120. The van der Waals surface area contributed by atoms with Gasteiger partial charge in [-0.1, -0.05) is 140 Å². The van der Waals surface area contributed by atoms with Crippen molar-refractivity contribution in [2.45, 2.75) is 12.3 Å². The van der Waals surface area contributed by atoms with Gasteiger partial charge in [0, 0.05) is 81.5 Å². The summed E-state index contributed by atoms with van der Waals surface area (Å²) in [6.07, 6.45) is 10.2. The molecule has 0 radical (unpaired) electrons. The van der Waals surface area contributed by atoms with Crippen molar-refractivity contribution in [2.75, 3.05) is 9.80 Å². The summed E-state index contributed by atoms with van der Waals surface area (Å²) in [5.41, 5.74) is 18.9. The molecule has 1 unspecified atom stereocenters. The maximum atomic E-state index is 5.22. The Morgan fingerprint density at radius 3 is 1.16 bits per heavy atom. The van der Waals surface area contributed by atoms with Crippen LogP contribution in [-0.2, 0) is 0 Å². The number of pyridine rings is 2. The molecule has 0 saturated carbocycles. The molecule has 74 heavy (non-hydrogen) atoms. The molecule has 0 bridgehead atoms. The third kappa shape index (κ3) is 8.35. The Kier molecular flexibility index (Phi) is 11.4. The van der Waals surface area contributed by atoms with E-state index < -0.39 is 0 Å². The third-order valence-corrected chi connectivity index (χ3v) is 13.7. The summed E-state index contributed by atoms with van der Waals surface area (Å²) >= 11 is 0. The van der Waals surface area contributed by atoms with Gasteiger partial charge in [0.25, 0.3) is 0 Å². The van der Waals surface area contributed by atoms with Crippen LogP contribution in [-0.4, -0.2) is 40.0 Å². The smallest absolute Gasteiger partial charge is 0.122 e. The van der Waals surface area contributed by atoms with E-state index in [1.165, 1.54) is 0 Å². The molecule has 1 atom stereocenters. The summed E-state index contributed by atoms with van der Waals surface area (Å²) in [6.45, 7) is 0. The lowest BCUT2D eigenvalue weighted by Gasteiger charge is -2.26. The molecule has 0 fully saturated rings. The van der Waals surface area contributed by atoms with Gasteiger partial charge in [-0.2, -0.15) is 14.7 Å². The normalized spacial score (nSPS) is 13.0. The number of benzene rings is 8. The fraction of sp³-hybridized carbons (Fsp3) is 0.0312. The molecule has 1 aliphatic carbocycles. The number of rotatable bonds is 12. The number of allylic oxidation sites excluding steroid dienone is 1. The maximum absolute atomic E-state index is 5.22. The first kappa shape index (κ1) is 43.9. The van der Waals surface area contributed by atoms with Crippen LogP contribution in [0.3, 0.4) is 0 Å². The van der Waals surface area contributed by atoms with Crippen LogP contribution in [0.25, 0.3) is 50.2 Å². The lowest BCUT2D eigenvalue weighted by Crippen LogP contribution is -2.11. The van der Waals surface area contributed by atoms with Gasteiger partial charge in [0.05, 0.1) is 17.1 Å². The van der Waals surface area contributed by atoms with Crippen LogP contribution in [0.15, 0.2) is 261 Å². The first-order chi connectivity index (χ1) is 36.7. The molecule has 8 aromatic carbocycles. The highest BCUT2D eigenvalue weighted by atomic mass is 15.5. The third-order valence-electron chi connectivity index (χ3n) is 13.7. The Morgan fingerprint density at radius 1 is 0.351 bits per heavy atom. The van der Waals surface area contributed by atoms with E-state index in [2.05, 4.69) is 208 Å². The van der Waals surface area contributed by atoms with Crippen molar-refractivity contribution in [2.24, 2.45) is 0 Å². The van der Waals surface area contributed by atoms with E-state index in [1.54, 1.807) is 34.4 Å². The van der Waals surface area contributed by atoms with Gasteiger partial charge in [-0.3, -0.25) is 9.97 Å². The summed E-state index contributed by atoms with van der Waals surface area (Å²) in [4.78, 5) is 16.5. The van der Waals surface area contributed by atoms with Crippen LogP contribution >= 0.6 is 0 Å². The molecule has 0 spiro atoms. The molecule has 10 heteroatoms. The number of hydrogen-bond acceptors (Lipinski definition) is 8. The molecule has 0 N–H and O–H groups in total. The number of fused-ring (bicyclic) bond motifs is 2. The second-order valence-corrected chi connectivity index (χ2v) is 18.1. The van der Waals surface area contributed by atoms with E-state index in [0.29, 0.717) is 0 Å². The van der Waals surface area contributed by atoms with Crippen molar-refractivity contribution in [3.05, 3.63) is 284 Å². The molecular weight excluding hydrogens is 909 g/mol. The van der Waals surface area contributed by atoms with Crippen LogP contribution < -0.4 is 9.80 Å². The molecule has 0 aliphatic heterocycles. The van der Waals surface area contributed by atoms with Crippen LogP contribution in [0.2, 0.25) is 0 Å². The highest BCUT2D eigenvalue weighted by Gasteiger charge is 2.30. The van der Waals surface area contributed by atoms with Gasteiger partial charge in [-0.25, -0.2) is 0 Å². The van der Waals surface area contributed by atoms with Crippen LogP contribution in [0.4, 0.5) is 34.1 Å². The Morgan fingerprint density at radius 2 is 0.730 bits per heavy atom. The first-order valence-corrected chi connectivity index (χ1v) is 24.7. The topological polar surface area (TPSA) is 93.7 Å². The molecule has 352 valence electrons. The number of nitrogens with zero attached hydrogens (tertiary/aromatic N) is 10. The average molecular weight is 955 g/mol. The monoisotopic (exact) mass is 954 g/mol. The molecule has 4 heterocycles. The Balaban J connectivity index is 0.840. The van der Waals surface area contributed by atoms with Gasteiger partial charge in [0.1, 0.15) is 16.7 Å². The minimum absolute atomic E-state index is 0.0260. The fourth-order valence-electron chi connectivity index (χ4n) is 10.1. The summed E-state index contributed by atoms with van der Waals surface area (Å²) < 4.78 is 0. The van der Waals surface area contributed by atoms with E-state index in [9.17, 15) is 0 Å². The summed E-state index contributed by atoms with van der Waals surface area (Å²) in [5.74, 6) is -0.0260. The van der Waals surface area contributed by atoms with E-state index in [-0.39, 0.29) is 5.92 Å². The van der Waals surface area contributed by atoms with Crippen molar-refractivity contribution in [1.29, 1.82) is 0 Å². The second-order valence-electron chi connectivity index (χ2n) is 18.1.